The molecule has 0 aliphatic carbocycles. The molecule has 0 saturated carbocycles. The van der Waals surface area contributed by atoms with Crippen molar-refractivity contribution in [3.8, 4) is 5.75 Å². The summed E-state index contributed by atoms with van der Waals surface area (Å²) in [5, 5.41) is 13.2. The van der Waals surface area contributed by atoms with Crippen molar-refractivity contribution in [1.82, 2.24) is 15.2 Å². The van der Waals surface area contributed by atoms with Crippen molar-refractivity contribution >= 4 is 16.8 Å². The first-order chi connectivity index (χ1) is 14.1. The zero-order chi connectivity index (χ0) is 20.3. The van der Waals surface area contributed by atoms with Crippen molar-refractivity contribution in [3.63, 3.8) is 0 Å². The Morgan fingerprint density at radius 3 is 2.86 bits per heavy atom. The molecule has 1 saturated heterocycles. The number of aliphatic hydroxyl groups excluding tert-OH is 1. The van der Waals surface area contributed by atoms with Gasteiger partial charge in [-0.3, -0.25) is 9.69 Å². The molecule has 0 spiro atoms. The number of aromatic nitrogens is 1. The molecule has 0 unspecified atom stereocenters. The van der Waals surface area contributed by atoms with Gasteiger partial charge in [-0.15, -0.1) is 0 Å². The number of hydrogen-bond acceptors (Lipinski definition) is 4. The van der Waals surface area contributed by atoms with E-state index in [1.54, 1.807) is 7.11 Å². The van der Waals surface area contributed by atoms with Gasteiger partial charge in [0.05, 0.1) is 19.1 Å². The summed E-state index contributed by atoms with van der Waals surface area (Å²) >= 11 is 0. The molecule has 3 aromatic rings. The zero-order valence-electron chi connectivity index (χ0n) is 16.6. The van der Waals surface area contributed by atoms with E-state index in [-0.39, 0.29) is 19.1 Å². The maximum absolute atomic E-state index is 12.9. The largest absolute Gasteiger partial charge is 0.497 e. The van der Waals surface area contributed by atoms with Crippen molar-refractivity contribution in [2.45, 2.75) is 13.0 Å². The third kappa shape index (κ3) is 3.99. The van der Waals surface area contributed by atoms with Crippen molar-refractivity contribution in [2.75, 3.05) is 33.4 Å². The highest BCUT2D eigenvalue weighted by molar-refractivity contribution is 5.85. The van der Waals surface area contributed by atoms with Gasteiger partial charge in [0, 0.05) is 37.9 Å². The number of ether oxygens (including phenoxy) is 1. The van der Waals surface area contributed by atoms with Gasteiger partial charge in [-0.05, 0) is 41.1 Å². The van der Waals surface area contributed by atoms with Crippen molar-refractivity contribution in [3.05, 3.63) is 65.9 Å². The van der Waals surface area contributed by atoms with E-state index < -0.39 is 5.41 Å². The Morgan fingerprint density at radius 2 is 2.07 bits per heavy atom. The Kier molecular flexibility index (Phi) is 5.56. The lowest BCUT2D eigenvalue weighted by molar-refractivity contribution is -0.142. The van der Waals surface area contributed by atoms with Crippen LogP contribution in [0.5, 0.6) is 5.75 Å². The van der Waals surface area contributed by atoms with Crippen LogP contribution in [0.4, 0.5) is 0 Å². The molecule has 0 bridgehead atoms. The maximum atomic E-state index is 12.9. The summed E-state index contributed by atoms with van der Waals surface area (Å²) in [5.41, 5.74) is 2.97. The number of H-pyrrole nitrogens is 1. The number of carbonyl (C=O) groups excluding carboxylic acids is 1. The number of aromatic amines is 1. The van der Waals surface area contributed by atoms with Crippen LogP contribution >= 0.6 is 0 Å². The monoisotopic (exact) mass is 393 g/mol. The first kappa shape index (κ1) is 19.5. The molecule has 1 fully saturated rings. The fourth-order valence-corrected chi connectivity index (χ4v) is 4.31. The number of nitrogens with zero attached hydrogens (tertiary/aromatic N) is 1. The summed E-state index contributed by atoms with van der Waals surface area (Å²) in [7, 11) is 1.65. The molecule has 1 aliphatic rings. The lowest BCUT2D eigenvalue weighted by Gasteiger charge is -2.49. The third-order valence-electron chi connectivity index (χ3n) is 5.68. The predicted octanol–water partition coefficient (Wildman–Crippen LogP) is 2.33. The van der Waals surface area contributed by atoms with Crippen molar-refractivity contribution in [1.29, 1.82) is 0 Å². The fourth-order valence-electron chi connectivity index (χ4n) is 4.31. The molecule has 1 aliphatic heterocycles. The van der Waals surface area contributed by atoms with E-state index in [0.717, 1.165) is 23.4 Å². The fraction of sp³-hybridized carbons (Fsp3) is 0.348. The highest BCUT2D eigenvalue weighted by atomic mass is 16.5. The Morgan fingerprint density at radius 1 is 1.24 bits per heavy atom. The second kappa shape index (κ2) is 8.27. The lowest BCUT2D eigenvalue weighted by Crippen LogP contribution is -2.64. The van der Waals surface area contributed by atoms with Crippen molar-refractivity contribution in [2.24, 2.45) is 5.41 Å². The first-order valence-electron chi connectivity index (χ1n) is 9.93. The molecule has 1 aromatic heterocycles. The van der Waals surface area contributed by atoms with E-state index in [0.29, 0.717) is 19.5 Å². The van der Waals surface area contributed by atoms with Gasteiger partial charge in [-0.1, -0.05) is 30.3 Å². The van der Waals surface area contributed by atoms with E-state index in [4.69, 9.17) is 9.84 Å². The number of fused-ring (bicyclic) bond motifs is 1. The van der Waals surface area contributed by atoms with Gasteiger partial charge in [0.2, 0.25) is 5.91 Å². The van der Waals surface area contributed by atoms with Crippen LogP contribution in [0, 0.1) is 5.41 Å². The smallest absolute Gasteiger partial charge is 0.229 e. The summed E-state index contributed by atoms with van der Waals surface area (Å²) in [6.45, 7) is 2.38. The van der Waals surface area contributed by atoms with E-state index in [2.05, 4.69) is 39.5 Å². The Labute approximate surface area is 170 Å². The van der Waals surface area contributed by atoms with Crippen LogP contribution in [0.2, 0.25) is 0 Å². The lowest BCUT2D eigenvalue weighted by atomic mass is 9.73. The number of para-hydroxylation sites is 1. The summed E-state index contributed by atoms with van der Waals surface area (Å²) in [5.74, 6) is 0.798. The number of methoxy groups -OCH3 is 1. The minimum atomic E-state index is -0.495. The van der Waals surface area contributed by atoms with Crippen LogP contribution in [0.1, 0.15) is 11.1 Å². The normalized spacial score (nSPS) is 15.8. The molecular weight excluding hydrogens is 366 g/mol. The number of rotatable bonds is 8. The van der Waals surface area contributed by atoms with Gasteiger partial charge in [-0.2, -0.15) is 0 Å². The molecule has 1 amide bonds. The number of likely N-dealkylation sites (tertiary alicyclic amines) is 1. The maximum Gasteiger partial charge on any atom is 0.229 e. The second-order valence-corrected chi connectivity index (χ2v) is 7.79. The van der Waals surface area contributed by atoms with E-state index >= 15 is 0 Å². The van der Waals surface area contributed by atoms with Crippen LogP contribution in [0.15, 0.2) is 54.7 Å². The summed E-state index contributed by atoms with van der Waals surface area (Å²) in [6.07, 6.45) is 2.60. The van der Waals surface area contributed by atoms with Gasteiger partial charge in [0.25, 0.3) is 0 Å². The molecule has 3 N–H and O–H groups in total. The summed E-state index contributed by atoms with van der Waals surface area (Å²) in [6, 6.07) is 16.3. The number of aliphatic hydroxyl groups is 1. The topological polar surface area (TPSA) is 77.6 Å². The van der Waals surface area contributed by atoms with E-state index in [9.17, 15) is 4.79 Å². The molecular formula is C23H27N3O3. The summed E-state index contributed by atoms with van der Waals surface area (Å²) < 4.78 is 5.33. The van der Waals surface area contributed by atoms with Gasteiger partial charge >= 0.3 is 0 Å². The molecule has 0 atom stereocenters. The number of nitrogens with one attached hydrogen (secondary N) is 2. The summed E-state index contributed by atoms with van der Waals surface area (Å²) in [4.78, 5) is 18.6. The van der Waals surface area contributed by atoms with Gasteiger partial charge in [-0.25, -0.2) is 0 Å². The molecule has 152 valence electrons. The van der Waals surface area contributed by atoms with E-state index in [1.807, 2.05) is 30.5 Å². The van der Waals surface area contributed by atoms with Crippen LogP contribution in [-0.4, -0.2) is 54.2 Å². The molecule has 2 aromatic carbocycles. The zero-order valence-corrected chi connectivity index (χ0v) is 16.6. The minimum absolute atomic E-state index is 0.00343. The van der Waals surface area contributed by atoms with Crippen LogP contribution < -0.4 is 10.1 Å². The van der Waals surface area contributed by atoms with Crippen LogP contribution in [0.3, 0.4) is 0 Å². The molecule has 4 rings (SSSR count). The highest BCUT2D eigenvalue weighted by Crippen LogP contribution is 2.37. The molecule has 2 heterocycles. The molecule has 6 heteroatoms. The third-order valence-corrected chi connectivity index (χ3v) is 5.68. The Hall–Kier alpha value is -2.83. The number of carbonyl (C=O) groups is 1. The Balaban J connectivity index is 1.50. The van der Waals surface area contributed by atoms with Crippen molar-refractivity contribution < 1.29 is 14.6 Å². The van der Waals surface area contributed by atoms with Crippen LogP contribution in [0.25, 0.3) is 10.9 Å². The minimum Gasteiger partial charge on any atom is -0.497 e. The number of hydrogen-bond donors (Lipinski definition) is 3. The average molecular weight is 393 g/mol. The molecule has 6 nitrogen and oxygen atoms in total. The van der Waals surface area contributed by atoms with Crippen LogP contribution in [-0.2, 0) is 17.8 Å². The second-order valence-electron chi connectivity index (χ2n) is 7.79. The SMILES string of the molecule is COc1cccc(CC2(C(=O)NCCO)CN(Cc3cccc4cc[nH]c34)C2)c1. The molecule has 29 heavy (non-hydrogen) atoms. The van der Waals surface area contributed by atoms with Gasteiger partial charge in [0.15, 0.2) is 0 Å². The van der Waals surface area contributed by atoms with Gasteiger partial charge < -0.3 is 20.1 Å². The number of amides is 1. The average Bonchev–Trinajstić information content (AvgIpc) is 3.20. The first-order valence-corrected chi connectivity index (χ1v) is 9.93. The van der Waals surface area contributed by atoms with E-state index in [1.165, 1.54) is 10.9 Å². The number of benzene rings is 2. The van der Waals surface area contributed by atoms with Gasteiger partial charge in [0.1, 0.15) is 5.75 Å². The molecule has 0 radical (unpaired) electrons. The Bertz CT molecular complexity index is 992. The highest BCUT2D eigenvalue weighted by Gasteiger charge is 2.48. The predicted molar refractivity (Wildman–Crippen MR) is 113 cm³/mol. The quantitative estimate of drug-likeness (QED) is 0.549. The standard InChI is InChI=1S/C23H27N3O3/c1-29-20-7-2-4-17(12-20)13-23(22(28)25-10-11-27)15-26(16-23)14-19-6-3-5-18-8-9-24-21(18)19/h2-9,12,24,27H,10-11,13-16H2,1H3,(H,25,28).